The van der Waals surface area contributed by atoms with Crippen molar-refractivity contribution < 1.29 is 0 Å². The van der Waals surface area contributed by atoms with Gasteiger partial charge in [0.1, 0.15) is 12.7 Å². The van der Waals surface area contributed by atoms with E-state index in [1.54, 1.807) is 0 Å². The SMILES string of the molecule is Nc1nc(Sc2cccc(Br)c2)nc(-n2cncn2)n1. The largest absolute Gasteiger partial charge is 0.368 e. The van der Waals surface area contributed by atoms with Crippen LogP contribution < -0.4 is 5.73 Å². The maximum atomic E-state index is 5.70. The number of nitrogens with zero attached hydrogens (tertiary/aromatic N) is 6. The first-order valence-corrected chi connectivity index (χ1v) is 7.11. The van der Waals surface area contributed by atoms with Crippen molar-refractivity contribution in [3.63, 3.8) is 0 Å². The van der Waals surface area contributed by atoms with Gasteiger partial charge in [-0.05, 0) is 30.0 Å². The average Bonchev–Trinajstić information content (AvgIpc) is 2.91. The topological polar surface area (TPSA) is 95.4 Å². The molecule has 0 amide bonds. The Labute approximate surface area is 126 Å². The van der Waals surface area contributed by atoms with E-state index in [0.717, 1.165) is 9.37 Å². The molecule has 0 bridgehead atoms. The summed E-state index contributed by atoms with van der Waals surface area (Å²) in [6, 6.07) is 7.83. The molecular formula is C11H8BrN7S. The van der Waals surface area contributed by atoms with Gasteiger partial charge in [0.05, 0.1) is 0 Å². The van der Waals surface area contributed by atoms with E-state index in [1.807, 2.05) is 24.3 Å². The van der Waals surface area contributed by atoms with Crippen LogP contribution in [0.5, 0.6) is 0 Å². The number of hydrogen-bond acceptors (Lipinski definition) is 7. The van der Waals surface area contributed by atoms with Gasteiger partial charge in [-0.15, -0.1) is 0 Å². The van der Waals surface area contributed by atoms with Gasteiger partial charge >= 0.3 is 0 Å². The van der Waals surface area contributed by atoms with Crippen molar-refractivity contribution in [3.8, 4) is 5.95 Å². The van der Waals surface area contributed by atoms with Crippen LogP contribution in [-0.2, 0) is 0 Å². The number of rotatable bonds is 3. The van der Waals surface area contributed by atoms with Gasteiger partial charge in [0, 0.05) is 9.37 Å². The molecule has 3 rings (SSSR count). The maximum absolute atomic E-state index is 5.70. The molecule has 2 aromatic heterocycles. The first-order chi connectivity index (χ1) is 9.70. The molecule has 0 aliphatic heterocycles. The quantitative estimate of drug-likeness (QED) is 0.771. The Hall–Kier alpha value is -2.00. The number of anilines is 1. The second-order valence-corrected chi connectivity index (χ2v) is 5.63. The Morgan fingerprint density at radius 3 is 2.85 bits per heavy atom. The summed E-state index contributed by atoms with van der Waals surface area (Å²) in [6.07, 6.45) is 2.91. The molecule has 7 nitrogen and oxygen atoms in total. The van der Waals surface area contributed by atoms with Crippen molar-refractivity contribution in [3.05, 3.63) is 41.4 Å². The second-order valence-electron chi connectivity index (χ2n) is 3.68. The molecule has 0 saturated carbocycles. The van der Waals surface area contributed by atoms with Gasteiger partial charge in [0.15, 0.2) is 5.16 Å². The summed E-state index contributed by atoms with van der Waals surface area (Å²) in [6.45, 7) is 0. The summed E-state index contributed by atoms with van der Waals surface area (Å²) in [5.74, 6) is 0.482. The monoisotopic (exact) mass is 349 g/mol. The number of aromatic nitrogens is 6. The van der Waals surface area contributed by atoms with Crippen molar-refractivity contribution in [1.29, 1.82) is 0 Å². The summed E-state index contributed by atoms with van der Waals surface area (Å²) in [7, 11) is 0. The van der Waals surface area contributed by atoms with E-state index in [1.165, 1.54) is 29.1 Å². The van der Waals surface area contributed by atoms with Crippen LogP contribution in [0.25, 0.3) is 5.95 Å². The van der Waals surface area contributed by atoms with Crippen molar-refractivity contribution in [2.75, 3.05) is 5.73 Å². The molecule has 9 heteroatoms. The van der Waals surface area contributed by atoms with E-state index < -0.39 is 0 Å². The van der Waals surface area contributed by atoms with Crippen LogP contribution in [0.3, 0.4) is 0 Å². The summed E-state index contributed by atoms with van der Waals surface area (Å²) >= 11 is 4.82. The highest BCUT2D eigenvalue weighted by molar-refractivity contribution is 9.10. The zero-order valence-corrected chi connectivity index (χ0v) is 12.4. The van der Waals surface area contributed by atoms with Crippen LogP contribution in [0.2, 0.25) is 0 Å². The molecule has 0 saturated heterocycles. The molecule has 0 spiro atoms. The normalized spacial score (nSPS) is 10.7. The zero-order valence-electron chi connectivity index (χ0n) is 10.0. The molecule has 0 aliphatic rings. The third-order valence-electron chi connectivity index (χ3n) is 2.25. The van der Waals surface area contributed by atoms with Crippen LogP contribution in [-0.4, -0.2) is 29.7 Å². The van der Waals surface area contributed by atoms with Gasteiger partial charge in [-0.2, -0.15) is 24.7 Å². The molecule has 3 aromatic rings. The lowest BCUT2D eigenvalue weighted by molar-refractivity contribution is 0.763. The Morgan fingerprint density at radius 2 is 2.10 bits per heavy atom. The highest BCUT2D eigenvalue weighted by Crippen LogP contribution is 2.27. The summed E-state index contributed by atoms with van der Waals surface area (Å²) in [4.78, 5) is 17.3. The van der Waals surface area contributed by atoms with Gasteiger partial charge in [0.25, 0.3) is 5.95 Å². The first kappa shape index (κ1) is 13.0. The summed E-state index contributed by atoms with van der Waals surface area (Å²) < 4.78 is 2.42. The van der Waals surface area contributed by atoms with Gasteiger partial charge in [-0.25, -0.2) is 4.98 Å². The summed E-state index contributed by atoms with van der Waals surface area (Å²) in [5.41, 5.74) is 5.70. The molecule has 2 heterocycles. The lowest BCUT2D eigenvalue weighted by atomic mass is 10.4. The molecule has 0 aliphatic carbocycles. The smallest absolute Gasteiger partial charge is 0.257 e. The van der Waals surface area contributed by atoms with E-state index in [2.05, 4.69) is 41.0 Å². The number of nitrogen functional groups attached to an aromatic ring is 1. The molecule has 0 atom stereocenters. The molecule has 0 radical (unpaired) electrons. The molecule has 20 heavy (non-hydrogen) atoms. The van der Waals surface area contributed by atoms with E-state index in [-0.39, 0.29) is 5.95 Å². The van der Waals surface area contributed by atoms with Crippen LogP contribution in [0.1, 0.15) is 0 Å². The van der Waals surface area contributed by atoms with E-state index in [0.29, 0.717) is 11.1 Å². The van der Waals surface area contributed by atoms with Gasteiger partial charge in [-0.3, -0.25) is 0 Å². The van der Waals surface area contributed by atoms with Gasteiger partial charge < -0.3 is 5.73 Å². The minimum atomic E-state index is 0.142. The fourth-order valence-corrected chi connectivity index (χ4v) is 2.82. The molecule has 1 aromatic carbocycles. The lowest BCUT2D eigenvalue weighted by Crippen LogP contribution is -2.07. The molecule has 0 unspecified atom stereocenters. The number of benzene rings is 1. The van der Waals surface area contributed by atoms with Crippen LogP contribution >= 0.6 is 27.7 Å². The predicted molar refractivity (Wildman–Crippen MR) is 77.4 cm³/mol. The second kappa shape index (κ2) is 5.55. The molecular weight excluding hydrogens is 342 g/mol. The minimum absolute atomic E-state index is 0.142. The van der Waals surface area contributed by atoms with E-state index in [9.17, 15) is 0 Å². The number of nitrogens with two attached hydrogens (primary N) is 1. The van der Waals surface area contributed by atoms with Crippen molar-refractivity contribution in [2.45, 2.75) is 10.1 Å². The molecule has 2 N–H and O–H groups in total. The maximum Gasteiger partial charge on any atom is 0.257 e. The predicted octanol–water partition coefficient (Wildman–Crippen LogP) is 1.95. The highest BCUT2D eigenvalue weighted by atomic mass is 79.9. The van der Waals surface area contributed by atoms with Crippen LogP contribution in [0.15, 0.2) is 51.4 Å². The molecule has 100 valence electrons. The van der Waals surface area contributed by atoms with Crippen LogP contribution in [0, 0.1) is 0 Å². The van der Waals surface area contributed by atoms with E-state index in [4.69, 9.17) is 5.73 Å². The third-order valence-corrected chi connectivity index (χ3v) is 3.60. The van der Waals surface area contributed by atoms with Gasteiger partial charge in [-0.1, -0.05) is 22.0 Å². The van der Waals surface area contributed by atoms with Gasteiger partial charge in [0.2, 0.25) is 5.95 Å². The standard InChI is InChI=1S/C11H8BrN7S/c12-7-2-1-3-8(4-7)20-11-17-9(13)16-10(18-11)19-6-14-5-15-19/h1-6H,(H2,13,16,17,18). The molecule has 0 fully saturated rings. The van der Waals surface area contributed by atoms with Crippen LogP contribution in [0.4, 0.5) is 5.95 Å². The summed E-state index contributed by atoms with van der Waals surface area (Å²) in [5, 5.41) is 4.47. The minimum Gasteiger partial charge on any atom is -0.368 e. The Kier molecular flexibility index (Phi) is 3.61. The Morgan fingerprint density at radius 1 is 1.20 bits per heavy atom. The fourth-order valence-electron chi connectivity index (χ4n) is 1.46. The lowest BCUT2D eigenvalue weighted by Gasteiger charge is -2.04. The van der Waals surface area contributed by atoms with Crippen molar-refractivity contribution in [2.24, 2.45) is 0 Å². The Balaban J connectivity index is 1.94. The number of hydrogen-bond donors (Lipinski definition) is 1. The average molecular weight is 350 g/mol. The first-order valence-electron chi connectivity index (χ1n) is 5.51. The zero-order chi connectivity index (χ0) is 13.9. The van der Waals surface area contributed by atoms with Crippen molar-refractivity contribution >= 4 is 33.6 Å². The highest BCUT2D eigenvalue weighted by Gasteiger charge is 2.08. The van der Waals surface area contributed by atoms with E-state index >= 15 is 0 Å². The Bertz CT molecular complexity index is 731. The fraction of sp³-hybridized carbons (Fsp3) is 0. The van der Waals surface area contributed by atoms with Crippen molar-refractivity contribution in [1.82, 2.24) is 29.7 Å². The number of halogens is 1. The third kappa shape index (κ3) is 2.94.